The summed E-state index contributed by atoms with van der Waals surface area (Å²) in [5, 5.41) is 3.12. The zero-order chi connectivity index (χ0) is 14.8. The molecular weight excluding hydrogens is 431 g/mol. The van der Waals surface area contributed by atoms with E-state index in [1.165, 1.54) is 12.8 Å². The average molecular weight is 451 g/mol. The molecule has 1 aromatic rings. The highest BCUT2D eigenvalue weighted by atomic mass is 127. The number of carbonyl (C=O) groups excluding carboxylic acids is 1. The second kappa shape index (κ2) is 6.75. The maximum atomic E-state index is 12.4. The van der Waals surface area contributed by atoms with Gasteiger partial charge in [-0.2, -0.15) is 0 Å². The molecule has 0 aromatic heterocycles. The van der Waals surface area contributed by atoms with Crippen molar-refractivity contribution in [3.05, 3.63) is 31.8 Å². The van der Waals surface area contributed by atoms with Gasteiger partial charge in [-0.25, -0.2) is 0 Å². The minimum absolute atomic E-state index is 0.00326. The lowest BCUT2D eigenvalue weighted by Gasteiger charge is -2.36. The molecule has 3 nitrogen and oxygen atoms in total. The van der Waals surface area contributed by atoms with Crippen LogP contribution in [0, 0.1) is 3.57 Å². The monoisotopic (exact) mass is 450 g/mol. The lowest BCUT2D eigenvalue weighted by molar-refractivity contribution is 0.0899. The molecule has 1 saturated carbocycles. The van der Waals surface area contributed by atoms with Gasteiger partial charge < -0.3 is 10.2 Å². The Kier molecular flexibility index (Phi) is 5.48. The number of rotatable bonds is 4. The van der Waals surface area contributed by atoms with E-state index in [2.05, 4.69) is 62.8 Å². The van der Waals surface area contributed by atoms with Crippen LogP contribution in [-0.4, -0.2) is 37.0 Å². The predicted molar refractivity (Wildman–Crippen MR) is 94.1 cm³/mol. The van der Waals surface area contributed by atoms with Crippen LogP contribution in [0.2, 0.25) is 0 Å². The molecule has 0 spiro atoms. The van der Waals surface area contributed by atoms with E-state index in [0.29, 0.717) is 5.56 Å². The number of hydrogen-bond acceptors (Lipinski definition) is 2. The minimum atomic E-state index is 0.00326. The Labute approximate surface area is 142 Å². The van der Waals surface area contributed by atoms with Gasteiger partial charge in [0.05, 0.1) is 5.56 Å². The summed E-state index contributed by atoms with van der Waals surface area (Å²) in [5.74, 6) is 0.00326. The topological polar surface area (TPSA) is 32.3 Å². The Balaban J connectivity index is 2.06. The average Bonchev–Trinajstić information content (AvgIpc) is 2.89. The first-order valence-electron chi connectivity index (χ1n) is 6.85. The third-order valence-corrected chi connectivity index (χ3v) is 5.60. The largest absolute Gasteiger partial charge is 0.350 e. The molecule has 1 aliphatic rings. The standard InChI is InChI=1S/C15H20BrIN2O/c1-19(2)15(7-3-4-8-15)10-18-14(20)12-9-11(17)5-6-13(12)16/h5-6,9H,3-4,7-8,10H2,1-2H3,(H,18,20). The van der Waals surface area contributed by atoms with E-state index < -0.39 is 0 Å². The third-order valence-electron chi connectivity index (χ3n) is 4.23. The second-order valence-electron chi connectivity index (χ2n) is 5.63. The van der Waals surface area contributed by atoms with Gasteiger partial charge in [-0.05, 0) is 83.7 Å². The van der Waals surface area contributed by atoms with Crippen molar-refractivity contribution in [2.45, 2.75) is 31.2 Å². The van der Waals surface area contributed by atoms with Gasteiger partial charge in [-0.1, -0.05) is 12.8 Å². The maximum Gasteiger partial charge on any atom is 0.252 e. The molecule has 0 radical (unpaired) electrons. The normalized spacial score (nSPS) is 17.4. The number of halogens is 2. The van der Waals surface area contributed by atoms with Crippen molar-refractivity contribution in [2.24, 2.45) is 0 Å². The van der Waals surface area contributed by atoms with Gasteiger partial charge in [0.1, 0.15) is 0 Å². The Bertz CT molecular complexity index is 499. The SMILES string of the molecule is CN(C)C1(CNC(=O)c2cc(I)ccc2Br)CCCC1. The molecule has 1 aromatic carbocycles. The smallest absolute Gasteiger partial charge is 0.252 e. The van der Waals surface area contributed by atoms with E-state index in [4.69, 9.17) is 0 Å². The Hall–Kier alpha value is -0.140. The zero-order valence-corrected chi connectivity index (χ0v) is 15.6. The van der Waals surface area contributed by atoms with Gasteiger partial charge in [-0.15, -0.1) is 0 Å². The maximum absolute atomic E-state index is 12.4. The van der Waals surface area contributed by atoms with Gasteiger partial charge in [0.25, 0.3) is 5.91 Å². The molecule has 1 N–H and O–H groups in total. The highest BCUT2D eigenvalue weighted by molar-refractivity contribution is 14.1. The van der Waals surface area contributed by atoms with Crippen LogP contribution in [0.5, 0.6) is 0 Å². The number of benzene rings is 1. The summed E-state index contributed by atoms with van der Waals surface area (Å²) in [4.78, 5) is 14.6. The van der Waals surface area contributed by atoms with Crippen LogP contribution in [0.4, 0.5) is 0 Å². The van der Waals surface area contributed by atoms with Crippen molar-refractivity contribution in [3.8, 4) is 0 Å². The molecule has 0 bridgehead atoms. The summed E-state index contributed by atoms with van der Waals surface area (Å²) in [5.41, 5.74) is 0.841. The van der Waals surface area contributed by atoms with Gasteiger partial charge in [-0.3, -0.25) is 4.79 Å². The van der Waals surface area contributed by atoms with E-state index in [-0.39, 0.29) is 11.4 Å². The molecule has 1 amide bonds. The van der Waals surface area contributed by atoms with E-state index in [0.717, 1.165) is 27.4 Å². The summed E-state index contributed by atoms with van der Waals surface area (Å²) in [6.45, 7) is 0.719. The fourth-order valence-corrected chi connectivity index (χ4v) is 3.74. The Morgan fingerprint density at radius 2 is 2.05 bits per heavy atom. The second-order valence-corrected chi connectivity index (χ2v) is 7.73. The fraction of sp³-hybridized carbons (Fsp3) is 0.533. The highest BCUT2D eigenvalue weighted by Gasteiger charge is 2.36. The number of carbonyl (C=O) groups is 1. The summed E-state index contributed by atoms with van der Waals surface area (Å²) in [6.07, 6.45) is 4.82. The van der Waals surface area contributed by atoms with Crippen molar-refractivity contribution in [1.82, 2.24) is 10.2 Å². The van der Waals surface area contributed by atoms with E-state index in [1.54, 1.807) is 0 Å². The first-order chi connectivity index (χ1) is 9.44. The van der Waals surface area contributed by atoms with Crippen LogP contribution in [0.3, 0.4) is 0 Å². The van der Waals surface area contributed by atoms with E-state index >= 15 is 0 Å². The van der Waals surface area contributed by atoms with Crippen LogP contribution < -0.4 is 5.32 Å². The number of hydrogen-bond donors (Lipinski definition) is 1. The molecule has 0 heterocycles. The first-order valence-corrected chi connectivity index (χ1v) is 8.72. The van der Waals surface area contributed by atoms with Crippen molar-refractivity contribution < 1.29 is 4.79 Å². The molecule has 5 heteroatoms. The van der Waals surface area contributed by atoms with Gasteiger partial charge in [0, 0.05) is 20.1 Å². The van der Waals surface area contributed by atoms with Crippen molar-refractivity contribution in [2.75, 3.05) is 20.6 Å². The fourth-order valence-electron chi connectivity index (χ4n) is 2.83. The highest BCUT2D eigenvalue weighted by Crippen LogP contribution is 2.33. The lowest BCUT2D eigenvalue weighted by Crippen LogP contribution is -2.50. The van der Waals surface area contributed by atoms with Crippen LogP contribution in [0.15, 0.2) is 22.7 Å². The number of likely N-dealkylation sites (N-methyl/N-ethyl adjacent to an activating group) is 1. The quantitative estimate of drug-likeness (QED) is 0.710. The molecule has 0 saturated heterocycles. The van der Waals surface area contributed by atoms with Crippen LogP contribution in [0.25, 0.3) is 0 Å². The molecular formula is C15H20BrIN2O. The van der Waals surface area contributed by atoms with Crippen molar-refractivity contribution in [1.29, 1.82) is 0 Å². The van der Waals surface area contributed by atoms with E-state index in [1.807, 2.05) is 18.2 Å². The molecule has 2 rings (SSSR count). The molecule has 0 atom stereocenters. The summed E-state index contributed by atoms with van der Waals surface area (Å²) < 4.78 is 1.92. The van der Waals surface area contributed by atoms with Gasteiger partial charge >= 0.3 is 0 Å². The predicted octanol–water partition coefficient (Wildman–Crippen LogP) is 3.66. The van der Waals surface area contributed by atoms with Gasteiger partial charge in [0.2, 0.25) is 0 Å². The Morgan fingerprint density at radius 3 is 2.65 bits per heavy atom. The van der Waals surface area contributed by atoms with Gasteiger partial charge in [0.15, 0.2) is 0 Å². The van der Waals surface area contributed by atoms with Crippen molar-refractivity contribution in [3.63, 3.8) is 0 Å². The van der Waals surface area contributed by atoms with Crippen LogP contribution >= 0.6 is 38.5 Å². The van der Waals surface area contributed by atoms with E-state index in [9.17, 15) is 4.79 Å². The Morgan fingerprint density at radius 1 is 1.40 bits per heavy atom. The minimum Gasteiger partial charge on any atom is -0.350 e. The molecule has 0 unspecified atom stereocenters. The zero-order valence-electron chi connectivity index (χ0n) is 11.9. The van der Waals surface area contributed by atoms with Crippen molar-refractivity contribution >= 4 is 44.4 Å². The number of nitrogens with zero attached hydrogens (tertiary/aromatic N) is 1. The molecule has 1 fully saturated rings. The summed E-state index contributed by atoms with van der Waals surface area (Å²) in [6, 6.07) is 5.82. The lowest BCUT2D eigenvalue weighted by atomic mass is 9.96. The molecule has 0 aliphatic heterocycles. The first kappa shape index (κ1) is 16.2. The number of nitrogens with one attached hydrogen (secondary N) is 1. The summed E-state index contributed by atoms with van der Waals surface area (Å²) >= 11 is 5.68. The van der Waals surface area contributed by atoms with Crippen LogP contribution in [-0.2, 0) is 0 Å². The molecule has 20 heavy (non-hydrogen) atoms. The number of amides is 1. The molecule has 110 valence electrons. The molecule has 1 aliphatic carbocycles. The van der Waals surface area contributed by atoms with Crippen LogP contribution in [0.1, 0.15) is 36.0 Å². The summed E-state index contributed by atoms with van der Waals surface area (Å²) in [7, 11) is 4.22. The third kappa shape index (κ3) is 3.54.